The molecule has 1 aliphatic rings. The first-order chi connectivity index (χ1) is 11.7. The lowest BCUT2D eigenvalue weighted by molar-refractivity contribution is -0.134. The Hall–Kier alpha value is -2.56. The molecule has 3 rings (SSSR count). The lowest BCUT2D eigenvalue weighted by Gasteiger charge is -2.22. The first kappa shape index (κ1) is 16.3. The van der Waals surface area contributed by atoms with Crippen molar-refractivity contribution in [2.45, 2.75) is 38.0 Å². The number of phenols is 1. The monoisotopic (exact) mass is 326 g/mol. The second-order valence-corrected chi connectivity index (χ2v) is 6.11. The van der Waals surface area contributed by atoms with E-state index in [9.17, 15) is 9.90 Å². The normalized spacial score (nSPS) is 15.7. The van der Waals surface area contributed by atoms with Crippen LogP contribution >= 0.6 is 0 Å². The second-order valence-electron chi connectivity index (χ2n) is 6.11. The van der Waals surface area contributed by atoms with E-state index in [1.54, 1.807) is 18.2 Å². The van der Waals surface area contributed by atoms with Crippen LogP contribution in [-0.2, 0) is 9.53 Å². The van der Waals surface area contributed by atoms with Gasteiger partial charge < -0.3 is 9.84 Å². The van der Waals surface area contributed by atoms with Gasteiger partial charge in [0.05, 0.1) is 18.5 Å². The quantitative estimate of drug-likeness (QED) is 0.685. The third-order valence-electron chi connectivity index (χ3n) is 4.46. The number of rotatable bonds is 4. The summed E-state index contributed by atoms with van der Waals surface area (Å²) in [5.41, 5.74) is 2.80. The zero-order chi connectivity index (χ0) is 16.9. The molecule has 0 atom stereocenters. The molecule has 24 heavy (non-hydrogen) atoms. The molecule has 1 N–H and O–H groups in total. The van der Waals surface area contributed by atoms with Gasteiger partial charge in [0, 0.05) is 17.7 Å². The van der Waals surface area contributed by atoms with Crippen LogP contribution in [0.3, 0.4) is 0 Å². The highest BCUT2D eigenvalue weighted by molar-refractivity contribution is 5.86. The standard InChI is InChI=1S/C19H22N2O3/c1-24-19(23)12-7-15-13-18(14-5-3-2-4-6-14)21(20-15)16-8-10-17(22)11-9-16/h7-14,22H,2-6H2,1H3/b12-7+. The van der Waals surface area contributed by atoms with Crippen molar-refractivity contribution in [1.82, 2.24) is 9.78 Å². The molecule has 1 aromatic heterocycles. The number of ether oxygens (including phenoxy) is 1. The minimum absolute atomic E-state index is 0.232. The van der Waals surface area contributed by atoms with Gasteiger partial charge in [-0.25, -0.2) is 9.48 Å². The Kier molecular flexibility index (Phi) is 4.99. The topological polar surface area (TPSA) is 64.3 Å². The number of carbonyl (C=O) groups is 1. The zero-order valence-electron chi connectivity index (χ0n) is 13.8. The molecule has 0 saturated heterocycles. The molecule has 2 aromatic rings. The summed E-state index contributed by atoms with van der Waals surface area (Å²) in [5.74, 6) is 0.310. The summed E-state index contributed by atoms with van der Waals surface area (Å²) < 4.78 is 6.56. The summed E-state index contributed by atoms with van der Waals surface area (Å²) in [5, 5.41) is 14.1. The molecule has 1 aromatic carbocycles. The van der Waals surface area contributed by atoms with Crippen LogP contribution in [0, 0.1) is 0 Å². The number of hydrogen-bond donors (Lipinski definition) is 1. The van der Waals surface area contributed by atoms with Gasteiger partial charge in [-0.15, -0.1) is 0 Å². The summed E-state index contributed by atoms with van der Waals surface area (Å²) in [6.07, 6.45) is 9.13. The fourth-order valence-electron chi connectivity index (χ4n) is 3.21. The Labute approximate surface area is 141 Å². The van der Waals surface area contributed by atoms with Crippen molar-refractivity contribution in [1.29, 1.82) is 0 Å². The van der Waals surface area contributed by atoms with Crippen LogP contribution in [0.5, 0.6) is 5.75 Å². The number of nitrogens with zero attached hydrogens (tertiary/aromatic N) is 2. The van der Waals surface area contributed by atoms with Gasteiger partial charge in [0.15, 0.2) is 0 Å². The Morgan fingerprint density at radius 2 is 1.96 bits per heavy atom. The Morgan fingerprint density at radius 3 is 2.62 bits per heavy atom. The smallest absolute Gasteiger partial charge is 0.330 e. The highest BCUT2D eigenvalue weighted by Crippen LogP contribution is 2.34. The molecule has 0 amide bonds. The number of aromatic hydroxyl groups is 1. The summed E-state index contributed by atoms with van der Waals surface area (Å²) >= 11 is 0. The van der Waals surface area contributed by atoms with Gasteiger partial charge in [-0.1, -0.05) is 19.3 Å². The maximum atomic E-state index is 11.3. The fourth-order valence-corrected chi connectivity index (χ4v) is 3.21. The van der Waals surface area contributed by atoms with E-state index in [0.717, 1.165) is 29.9 Å². The van der Waals surface area contributed by atoms with Crippen molar-refractivity contribution in [3.8, 4) is 11.4 Å². The molecule has 0 aliphatic heterocycles. The molecule has 0 unspecified atom stereocenters. The van der Waals surface area contributed by atoms with Gasteiger partial charge in [-0.3, -0.25) is 0 Å². The Balaban J connectivity index is 1.97. The number of methoxy groups -OCH3 is 1. The predicted molar refractivity (Wildman–Crippen MR) is 92.1 cm³/mol. The largest absolute Gasteiger partial charge is 0.508 e. The minimum Gasteiger partial charge on any atom is -0.508 e. The van der Waals surface area contributed by atoms with Gasteiger partial charge in [0.2, 0.25) is 0 Å². The molecule has 0 bridgehead atoms. The van der Waals surface area contributed by atoms with Gasteiger partial charge in [0.25, 0.3) is 0 Å². The van der Waals surface area contributed by atoms with Gasteiger partial charge in [-0.05, 0) is 49.2 Å². The van der Waals surface area contributed by atoms with E-state index in [4.69, 9.17) is 0 Å². The summed E-state index contributed by atoms with van der Waals surface area (Å²) in [7, 11) is 1.36. The molecule has 0 radical (unpaired) electrons. The molecule has 1 heterocycles. The van der Waals surface area contributed by atoms with E-state index in [1.165, 1.54) is 32.4 Å². The van der Waals surface area contributed by atoms with E-state index < -0.39 is 5.97 Å². The van der Waals surface area contributed by atoms with E-state index in [-0.39, 0.29) is 5.75 Å². The average Bonchev–Trinajstić information content (AvgIpc) is 3.05. The summed E-state index contributed by atoms with van der Waals surface area (Å²) in [6, 6.07) is 9.06. The Bertz CT molecular complexity index is 726. The third-order valence-corrected chi connectivity index (χ3v) is 4.46. The van der Waals surface area contributed by atoms with E-state index in [1.807, 2.05) is 22.9 Å². The molecule has 1 saturated carbocycles. The maximum absolute atomic E-state index is 11.3. The number of hydrogen-bond acceptors (Lipinski definition) is 4. The molecule has 5 heteroatoms. The van der Waals surface area contributed by atoms with Crippen LogP contribution in [0.15, 0.2) is 36.4 Å². The number of phenolic OH excluding ortho intramolecular Hbond substituents is 1. The van der Waals surface area contributed by atoms with Crippen LogP contribution in [0.4, 0.5) is 0 Å². The maximum Gasteiger partial charge on any atom is 0.330 e. The van der Waals surface area contributed by atoms with Crippen molar-refractivity contribution in [2.24, 2.45) is 0 Å². The Morgan fingerprint density at radius 1 is 1.25 bits per heavy atom. The number of aromatic nitrogens is 2. The highest BCUT2D eigenvalue weighted by atomic mass is 16.5. The number of carbonyl (C=O) groups excluding carboxylic acids is 1. The van der Waals surface area contributed by atoms with E-state index in [2.05, 4.69) is 9.84 Å². The van der Waals surface area contributed by atoms with Crippen molar-refractivity contribution in [2.75, 3.05) is 7.11 Å². The average molecular weight is 326 g/mol. The van der Waals surface area contributed by atoms with Crippen LogP contribution in [-0.4, -0.2) is 28.0 Å². The van der Waals surface area contributed by atoms with Crippen LogP contribution in [0.1, 0.15) is 49.4 Å². The van der Waals surface area contributed by atoms with Gasteiger partial charge >= 0.3 is 5.97 Å². The van der Waals surface area contributed by atoms with Crippen molar-refractivity contribution < 1.29 is 14.6 Å². The fraction of sp³-hybridized carbons (Fsp3) is 0.368. The molecule has 1 fully saturated rings. The molecule has 5 nitrogen and oxygen atoms in total. The zero-order valence-corrected chi connectivity index (χ0v) is 13.8. The second kappa shape index (κ2) is 7.34. The highest BCUT2D eigenvalue weighted by Gasteiger charge is 2.21. The first-order valence-electron chi connectivity index (χ1n) is 8.33. The molecule has 0 spiro atoms. The molecular formula is C19H22N2O3. The van der Waals surface area contributed by atoms with Crippen molar-refractivity contribution >= 4 is 12.0 Å². The van der Waals surface area contributed by atoms with Crippen molar-refractivity contribution in [3.63, 3.8) is 0 Å². The predicted octanol–water partition coefficient (Wildman–Crippen LogP) is 3.81. The molecule has 126 valence electrons. The van der Waals surface area contributed by atoms with Gasteiger partial charge in [-0.2, -0.15) is 5.10 Å². The van der Waals surface area contributed by atoms with Crippen LogP contribution in [0.25, 0.3) is 11.8 Å². The summed E-state index contributed by atoms with van der Waals surface area (Å²) in [4.78, 5) is 11.3. The lowest BCUT2D eigenvalue weighted by Crippen LogP contribution is -2.10. The number of benzene rings is 1. The van der Waals surface area contributed by atoms with Gasteiger partial charge in [0.1, 0.15) is 5.75 Å². The van der Waals surface area contributed by atoms with E-state index in [0.29, 0.717) is 5.92 Å². The molecular weight excluding hydrogens is 304 g/mol. The summed E-state index contributed by atoms with van der Waals surface area (Å²) in [6.45, 7) is 0. The lowest BCUT2D eigenvalue weighted by atomic mass is 9.86. The minimum atomic E-state index is -0.395. The SMILES string of the molecule is COC(=O)/C=C/c1cc(C2CCCCC2)n(-c2ccc(O)cc2)n1. The molecule has 1 aliphatic carbocycles. The van der Waals surface area contributed by atoms with Crippen LogP contribution < -0.4 is 0 Å². The van der Waals surface area contributed by atoms with E-state index >= 15 is 0 Å². The van der Waals surface area contributed by atoms with Crippen LogP contribution in [0.2, 0.25) is 0 Å². The van der Waals surface area contributed by atoms with Crippen molar-refractivity contribution in [3.05, 3.63) is 47.8 Å². The first-order valence-corrected chi connectivity index (χ1v) is 8.33. The third kappa shape index (κ3) is 3.67. The number of esters is 1.